The highest BCUT2D eigenvalue weighted by molar-refractivity contribution is 6.06. The van der Waals surface area contributed by atoms with Gasteiger partial charge in [-0.15, -0.1) is 0 Å². The molecule has 5 nitrogen and oxygen atoms in total. The van der Waals surface area contributed by atoms with Crippen molar-refractivity contribution in [3.05, 3.63) is 65.2 Å². The first-order chi connectivity index (χ1) is 11.5. The molecule has 0 fully saturated rings. The van der Waals surface area contributed by atoms with Crippen molar-refractivity contribution in [3.8, 4) is 5.75 Å². The van der Waals surface area contributed by atoms with Gasteiger partial charge in [0.25, 0.3) is 0 Å². The minimum absolute atomic E-state index is 0.231. The Morgan fingerprint density at radius 2 is 1.88 bits per heavy atom. The fraction of sp³-hybridized carbons (Fsp3) is 0.158. The van der Waals surface area contributed by atoms with Crippen LogP contribution < -0.4 is 10.1 Å². The maximum absolute atomic E-state index is 12.1. The lowest BCUT2D eigenvalue weighted by Crippen LogP contribution is -2.13. The van der Waals surface area contributed by atoms with Crippen LogP contribution in [0.3, 0.4) is 0 Å². The number of ether oxygens (including phenoxy) is 2. The molecule has 2 rings (SSSR count). The van der Waals surface area contributed by atoms with Crippen molar-refractivity contribution in [1.29, 1.82) is 0 Å². The molecule has 1 amide bonds. The molecule has 0 unspecified atom stereocenters. The monoisotopic (exact) mass is 325 g/mol. The fourth-order valence-electron chi connectivity index (χ4n) is 2.16. The summed E-state index contributed by atoms with van der Waals surface area (Å²) in [6.45, 7) is 1.98. The van der Waals surface area contributed by atoms with Crippen LogP contribution in [-0.2, 0) is 9.53 Å². The first-order valence-electron chi connectivity index (χ1n) is 7.35. The van der Waals surface area contributed by atoms with Gasteiger partial charge in [-0.25, -0.2) is 4.79 Å². The number of nitrogens with one attached hydrogen (secondary N) is 1. The molecule has 0 saturated carbocycles. The Morgan fingerprint density at radius 3 is 2.54 bits per heavy atom. The average Bonchev–Trinajstić information content (AvgIpc) is 2.59. The summed E-state index contributed by atoms with van der Waals surface area (Å²) in [5, 5.41) is 2.68. The lowest BCUT2D eigenvalue weighted by molar-refractivity contribution is -0.111. The highest BCUT2D eigenvalue weighted by Crippen LogP contribution is 2.23. The van der Waals surface area contributed by atoms with Gasteiger partial charge in [-0.05, 0) is 36.8 Å². The SMILES string of the molecule is COC(=O)c1cc(OC)ccc1NC(=O)/C=C/c1cccc(C)c1. The maximum Gasteiger partial charge on any atom is 0.340 e. The van der Waals surface area contributed by atoms with Gasteiger partial charge < -0.3 is 14.8 Å². The van der Waals surface area contributed by atoms with Crippen LogP contribution in [0.25, 0.3) is 6.08 Å². The molecule has 0 aliphatic heterocycles. The van der Waals surface area contributed by atoms with Crippen LogP contribution in [0.2, 0.25) is 0 Å². The van der Waals surface area contributed by atoms with Gasteiger partial charge in [0.05, 0.1) is 25.5 Å². The number of rotatable bonds is 5. The zero-order valence-corrected chi connectivity index (χ0v) is 13.8. The van der Waals surface area contributed by atoms with E-state index in [1.165, 1.54) is 26.4 Å². The third-order valence-corrected chi connectivity index (χ3v) is 3.36. The van der Waals surface area contributed by atoms with Gasteiger partial charge in [0, 0.05) is 6.08 Å². The van der Waals surface area contributed by atoms with E-state index in [1.54, 1.807) is 18.2 Å². The molecule has 124 valence electrons. The van der Waals surface area contributed by atoms with Crippen LogP contribution >= 0.6 is 0 Å². The Morgan fingerprint density at radius 1 is 1.08 bits per heavy atom. The number of aryl methyl sites for hydroxylation is 1. The third kappa shape index (κ3) is 4.46. The second kappa shape index (κ2) is 7.97. The van der Waals surface area contributed by atoms with E-state index >= 15 is 0 Å². The Bertz CT molecular complexity index is 781. The highest BCUT2D eigenvalue weighted by Gasteiger charge is 2.14. The van der Waals surface area contributed by atoms with Gasteiger partial charge in [-0.3, -0.25) is 4.79 Å². The summed E-state index contributed by atoms with van der Waals surface area (Å²) in [5.74, 6) is -0.387. The third-order valence-electron chi connectivity index (χ3n) is 3.36. The molecule has 0 heterocycles. The van der Waals surface area contributed by atoms with Crippen LogP contribution in [0.5, 0.6) is 5.75 Å². The van der Waals surface area contributed by atoms with Crippen molar-refractivity contribution >= 4 is 23.6 Å². The number of methoxy groups -OCH3 is 2. The molecule has 0 bridgehead atoms. The number of hydrogen-bond donors (Lipinski definition) is 1. The Kier molecular flexibility index (Phi) is 5.73. The van der Waals surface area contributed by atoms with E-state index in [2.05, 4.69) is 5.32 Å². The van der Waals surface area contributed by atoms with Crippen LogP contribution in [0.15, 0.2) is 48.5 Å². The van der Waals surface area contributed by atoms with Gasteiger partial charge in [-0.1, -0.05) is 29.8 Å². The number of esters is 1. The molecule has 24 heavy (non-hydrogen) atoms. The lowest BCUT2D eigenvalue weighted by Gasteiger charge is -2.10. The topological polar surface area (TPSA) is 64.6 Å². The molecule has 1 N–H and O–H groups in total. The van der Waals surface area contributed by atoms with Crippen molar-refractivity contribution in [1.82, 2.24) is 0 Å². The highest BCUT2D eigenvalue weighted by atomic mass is 16.5. The molecule has 2 aromatic rings. The van der Waals surface area contributed by atoms with Gasteiger partial charge in [0.1, 0.15) is 5.75 Å². The number of amides is 1. The number of benzene rings is 2. The van der Waals surface area contributed by atoms with Crippen molar-refractivity contribution in [2.24, 2.45) is 0 Å². The molecule has 0 aromatic heterocycles. The summed E-state index contributed by atoms with van der Waals surface area (Å²) in [7, 11) is 2.78. The van der Waals surface area contributed by atoms with E-state index in [1.807, 2.05) is 31.2 Å². The van der Waals surface area contributed by atoms with E-state index in [0.717, 1.165) is 11.1 Å². The standard InChI is InChI=1S/C19H19NO4/c1-13-5-4-6-14(11-13)7-10-18(21)20-17-9-8-15(23-2)12-16(17)19(22)24-3/h4-12H,1-3H3,(H,20,21)/b10-7+. The summed E-state index contributed by atoms with van der Waals surface area (Å²) >= 11 is 0. The van der Waals surface area contributed by atoms with Crippen LogP contribution in [-0.4, -0.2) is 26.1 Å². The summed E-state index contributed by atoms with van der Waals surface area (Å²) in [4.78, 5) is 24.0. The summed E-state index contributed by atoms with van der Waals surface area (Å²) < 4.78 is 9.83. The fourth-order valence-corrected chi connectivity index (χ4v) is 2.16. The predicted molar refractivity (Wildman–Crippen MR) is 93.2 cm³/mol. The number of carbonyl (C=O) groups excluding carboxylic acids is 2. The van der Waals surface area contributed by atoms with Crippen LogP contribution in [0.1, 0.15) is 21.5 Å². The first-order valence-corrected chi connectivity index (χ1v) is 7.35. The molecule has 0 atom stereocenters. The molecule has 0 saturated heterocycles. The molecule has 0 spiro atoms. The van der Waals surface area contributed by atoms with Crippen LogP contribution in [0, 0.1) is 6.92 Å². The number of hydrogen-bond acceptors (Lipinski definition) is 4. The largest absolute Gasteiger partial charge is 0.497 e. The minimum Gasteiger partial charge on any atom is -0.497 e. The summed E-state index contributed by atoms with van der Waals surface area (Å²) in [6, 6.07) is 12.6. The van der Waals surface area contributed by atoms with E-state index in [-0.39, 0.29) is 11.5 Å². The molecule has 0 aliphatic rings. The zero-order chi connectivity index (χ0) is 17.5. The van der Waals surface area contributed by atoms with Gasteiger partial charge in [-0.2, -0.15) is 0 Å². The van der Waals surface area contributed by atoms with E-state index < -0.39 is 5.97 Å². The molecule has 0 radical (unpaired) electrons. The van der Waals surface area contributed by atoms with Crippen molar-refractivity contribution < 1.29 is 19.1 Å². The lowest BCUT2D eigenvalue weighted by atomic mass is 10.1. The van der Waals surface area contributed by atoms with Crippen molar-refractivity contribution in [2.45, 2.75) is 6.92 Å². The van der Waals surface area contributed by atoms with Gasteiger partial charge in [0.15, 0.2) is 0 Å². The van der Waals surface area contributed by atoms with E-state index in [0.29, 0.717) is 11.4 Å². The number of anilines is 1. The molecule has 5 heteroatoms. The maximum atomic E-state index is 12.1. The van der Waals surface area contributed by atoms with Crippen molar-refractivity contribution in [3.63, 3.8) is 0 Å². The quantitative estimate of drug-likeness (QED) is 0.675. The second-order valence-corrected chi connectivity index (χ2v) is 5.14. The molecular formula is C19H19NO4. The minimum atomic E-state index is -0.549. The average molecular weight is 325 g/mol. The normalized spacial score (nSPS) is 10.5. The van der Waals surface area contributed by atoms with Gasteiger partial charge >= 0.3 is 5.97 Å². The molecular weight excluding hydrogens is 306 g/mol. The number of carbonyl (C=O) groups is 2. The Hall–Kier alpha value is -3.08. The second-order valence-electron chi connectivity index (χ2n) is 5.14. The van der Waals surface area contributed by atoms with Crippen molar-refractivity contribution in [2.75, 3.05) is 19.5 Å². The van der Waals surface area contributed by atoms with Gasteiger partial charge in [0.2, 0.25) is 5.91 Å². The predicted octanol–water partition coefficient (Wildman–Crippen LogP) is 3.44. The summed E-state index contributed by atoms with van der Waals surface area (Å²) in [6.07, 6.45) is 3.13. The first kappa shape index (κ1) is 17.3. The van der Waals surface area contributed by atoms with E-state index in [4.69, 9.17) is 9.47 Å². The Labute approximate surface area is 140 Å². The molecule has 0 aliphatic carbocycles. The zero-order valence-electron chi connectivity index (χ0n) is 13.8. The smallest absolute Gasteiger partial charge is 0.340 e. The van der Waals surface area contributed by atoms with Crippen LogP contribution in [0.4, 0.5) is 5.69 Å². The Balaban J connectivity index is 2.17. The molecule has 2 aromatic carbocycles. The summed E-state index contributed by atoms with van der Waals surface area (Å²) in [5.41, 5.74) is 2.63. The van der Waals surface area contributed by atoms with E-state index in [9.17, 15) is 9.59 Å².